The fourth-order valence-electron chi connectivity index (χ4n) is 1.82. The van der Waals surface area contributed by atoms with Crippen molar-refractivity contribution in [3.05, 3.63) is 29.1 Å². The molecule has 0 saturated carbocycles. The number of hydrogen-bond acceptors (Lipinski definition) is 3. The van der Waals surface area contributed by atoms with E-state index in [9.17, 15) is 30.9 Å². The predicted molar refractivity (Wildman–Crippen MR) is 78.3 cm³/mol. The second-order valence-corrected chi connectivity index (χ2v) is 8.11. The SMILES string of the molecule is CC[C@H](N[S@@+]([O-])C(C)(C)C)c1cnc(C(F)(F)F)cc1C(F)(F)F. The van der Waals surface area contributed by atoms with Crippen LogP contribution in [0.1, 0.15) is 57.0 Å². The Bertz CT molecular complexity index is 568. The number of pyridine rings is 1. The van der Waals surface area contributed by atoms with Crippen LogP contribution in [0.25, 0.3) is 0 Å². The first-order chi connectivity index (χ1) is 10.7. The molecule has 0 aromatic carbocycles. The molecule has 1 heterocycles. The van der Waals surface area contributed by atoms with E-state index in [1.165, 1.54) is 6.92 Å². The lowest BCUT2D eigenvalue weighted by atomic mass is 10.00. The number of aromatic nitrogens is 1. The second kappa shape index (κ2) is 7.09. The normalized spacial score (nSPS) is 16.1. The third kappa shape index (κ3) is 5.25. The monoisotopic (exact) mass is 376 g/mol. The van der Waals surface area contributed by atoms with Gasteiger partial charge in [0.15, 0.2) is 0 Å². The van der Waals surface area contributed by atoms with Crippen LogP contribution in [-0.2, 0) is 23.7 Å². The van der Waals surface area contributed by atoms with Crippen LogP contribution < -0.4 is 4.72 Å². The second-order valence-electron chi connectivity index (χ2n) is 6.11. The van der Waals surface area contributed by atoms with Crippen molar-refractivity contribution in [1.82, 2.24) is 9.71 Å². The molecule has 1 rings (SSSR count). The summed E-state index contributed by atoms with van der Waals surface area (Å²) in [7, 11) is 0. The lowest BCUT2D eigenvalue weighted by Crippen LogP contribution is -2.41. The molecule has 0 aliphatic carbocycles. The van der Waals surface area contributed by atoms with Gasteiger partial charge in [0, 0.05) is 23.1 Å². The van der Waals surface area contributed by atoms with Gasteiger partial charge in [-0.3, -0.25) is 4.98 Å². The molecule has 0 fully saturated rings. The molecular formula is C14H18F6N2OS. The maximum Gasteiger partial charge on any atom is 0.433 e. The van der Waals surface area contributed by atoms with E-state index in [1.54, 1.807) is 20.8 Å². The molecule has 2 atom stereocenters. The molecule has 0 bridgehead atoms. The van der Waals surface area contributed by atoms with Crippen LogP contribution in [0.4, 0.5) is 26.3 Å². The third-order valence-electron chi connectivity index (χ3n) is 3.12. The van der Waals surface area contributed by atoms with Crippen LogP contribution in [0.2, 0.25) is 0 Å². The van der Waals surface area contributed by atoms with Crippen molar-refractivity contribution in [3.8, 4) is 0 Å². The summed E-state index contributed by atoms with van der Waals surface area (Å²) in [6.45, 7) is 6.41. The Morgan fingerprint density at radius 2 is 1.67 bits per heavy atom. The summed E-state index contributed by atoms with van der Waals surface area (Å²) >= 11 is -1.69. The molecule has 1 N–H and O–H groups in total. The standard InChI is InChI=1S/C14H18F6N2OS/c1-5-10(22-24(23)12(2,3)4)8-7-21-11(14(18,19)20)6-9(8)13(15,16)17/h6-7,10,22H,5H2,1-4H3/t10-,24-/m0/s1. The van der Waals surface area contributed by atoms with E-state index < -0.39 is 51.3 Å². The average molecular weight is 376 g/mol. The fourth-order valence-corrected chi connectivity index (χ4v) is 2.72. The molecule has 0 amide bonds. The Morgan fingerprint density at radius 1 is 1.12 bits per heavy atom. The Morgan fingerprint density at radius 3 is 2.04 bits per heavy atom. The summed E-state index contributed by atoms with van der Waals surface area (Å²) in [4.78, 5) is 3.10. The molecule has 0 saturated heterocycles. The third-order valence-corrected chi connectivity index (χ3v) is 4.73. The predicted octanol–water partition coefficient (Wildman–Crippen LogP) is 4.62. The van der Waals surface area contributed by atoms with Gasteiger partial charge in [0.1, 0.15) is 10.4 Å². The van der Waals surface area contributed by atoms with E-state index in [-0.39, 0.29) is 12.5 Å². The maximum atomic E-state index is 13.2. The molecule has 0 radical (unpaired) electrons. The first-order valence-electron chi connectivity index (χ1n) is 7.00. The number of alkyl halides is 6. The maximum absolute atomic E-state index is 13.2. The van der Waals surface area contributed by atoms with Crippen molar-refractivity contribution < 1.29 is 30.9 Å². The van der Waals surface area contributed by atoms with Crippen molar-refractivity contribution >= 4 is 11.4 Å². The minimum atomic E-state index is -4.99. The van der Waals surface area contributed by atoms with Gasteiger partial charge >= 0.3 is 12.4 Å². The molecule has 0 aliphatic heterocycles. The highest BCUT2D eigenvalue weighted by Gasteiger charge is 2.41. The zero-order valence-corrected chi connectivity index (χ0v) is 14.3. The number of halogens is 6. The largest absolute Gasteiger partial charge is 0.598 e. The molecule has 138 valence electrons. The highest BCUT2D eigenvalue weighted by atomic mass is 32.2. The van der Waals surface area contributed by atoms with E-state index in [2.05, 4.69) is 9.71 Å². The van der Waals surface area contributed by atoms with Crippen LogP contribution in [0.5, 0.6) is 0 Å². The van der Waals surface area contributed by atoms with Gasteiger partial charge in [-0.05, 0) is 33.3 Å². The Kier molecular flexibility index (Phi) is 6.21. The van der Waals surface area contributed by atoms with Gasteiger partial charge in [-0.25, -0.2) is 0 Å². The molecule has 10 heteroatoms. The van der Waals surface area contributed by atoms with E-state index in [1.807, 2.05) is 0 Å². The van der Waals surface area contributed by atoms with E-state index >= 15 is 0 Å². The number of rotatable bonds is 4. The Balaban J connectivity index is 3.34. The Hall–Kier alpha value is -1.00. The number of hydrogen-bond donors (Lipinski definition) is 1. The summed E-state index contributed by atoms with van der Waals surface area (Å²) < 4.78 is 91.4. The molecular weight excluding hydrogens is 358 g/mol. The van der Waals surface area contributed by atoms with Gasteiger partial charge in [-0.1, -0.05) is 6.92 Å². The lowest BCUT2D eigenvalue weighted by Gasteiger charge is -2.28. The van der Waals surface area contributed by atoms with Gasteiger partial charge < -0.3 is 4.55 Å². The Labute approximate surface area is 139 Å². The van der Waals surface area contributed by atoms with E-state index in [4.69, 9.17) is 0 Å². The minimum Gasteiger partial charge on any atom is -0.598 e. The quantitative estimate of drug-likeness (QED) is 0.616. The summed E-state index contributed by atoms with van der Waals surface area (Å²) in [5.74, 6) is 0. The smallest absolute Gasteiger partial charge is 0.433 e. The van der Waals surface area contributed by atoms with E-state index in [0.717, 1.165) is 0 Å². The molecule has 0 unspecified atom stereocenters. The van der Waals surface area contributed by atoms with Crippen LogP contribution in [0, 0.1) is 0 Å². The zero-order chi connectivity index (χ0) is 18.9. The molecule has 3 nitrogen and oxygen atoms in total. The number of nitrogens with zero attached hydrogens (tertiary/aromatic N) is 1. The summed E-state index contributed by atoms with van der Waals surface area (Å²) in [6, 6.07) is -1.06. The van der Waals surface area contributed by atoms with E-state index in [0.29, 0.717) is 6.20 Å². The number of nitrogens with one attached hydrogen (secondary N) is 1. The first kappa shape index (κ1) is 21.0. The highest BCUT2D eigenvalue weighted by molar-refractivity contribution is 7.90. The van der Waals surface area contributed by atoms with Crippen LogP contribution in [0.3, 0.4) is 0 Å². The van der Waals surface area contributed by atoms with Gasteiger partial charge in [0.05, 0.1) is 11.6 Å². The van der Waals surface area contributed by atoms with Crippen molar-refractivity contribution in [2.75, 3.05) is 0 Å². The van der Waals surface area contributed by atoms with Crippen LogP contribution >= 0.6 is 0 Å². The van der Waals surface area contributed by atoms with Crippen molar-refractivity contribution in [3.63, 3.8) is 0 Å². The van der Waals surface area contributed by atoms with Crippen LogP contribution in [-0.4, -0.2) is 14.3 Å². The van der Waals surface area contributed by atoms with Crippen LogP contribution in [0.15, 0.2) is 12.3 Å². The van der Waals surface area contributed by atoms with Crippen molar-refractivity contribution in [2.45, 2.75) is 57.3 Å². The van der Waals surface area contributed by atoms with Gasteiger partial charge in [0.2, 0.25) is 0 Å². The molecule has 24 heavy (non-hydrogen) atoms. The summed E-state index contributed by atoms with van der Waals surface area (Å²) in [5, 5.41) is 0. The highest BCUT2D eigenvalue weighted by Crippen LogP contribution is 2.39. The molecule has 0 aliphatic rings. The van der Waals surface area contributed by atoms with Gasteiger partial charge in [-0.15, -0.1) is 4.72 Å². The average Bonchev–Trinajstić information content (AvgIpc) is 2.40. The van der Waals surface area contributed by atoms with Crippen molar-refractivity contribution in [2.24, 2.45) is 0 Å². The van der Waals surface area contributed by atoms with Gasteiger partial charge in [0.25, 0.3) is 0 Å². The molecule has 0 spiro atoms. The molecule has 1 aromatic heterocycles. The van der Waals surface area contributed by atoms with Crippen molar-refractivity contribution in [1.29, 1.82) is 0 Å². The lowest BCUT2D eigenvalue weighted by molar-refractivity contribution is -0.146. The topological polar surface area (TPSA) is 48.0 Å². The first-order valence-corrected chi connectivity index (χ1v) is 8.15. The summed E-state index contributed by atoms with van der Waals surface area (Å²) in [6.07, 6.45) is -9.33. The zero-order valence-electron chi connectivity index (χ0n) is 13.5. The van der Waals surface area contributed by atoms with Gasteiger partial charge in [-0.2, -0.15) is 26.3 Å². The molecule has 1 aromatic rings. The minimum absolute atomic E-state index is 0.0142. The fraction of sp³-hybridized carbons (Fsp3) is 0.643. The summed E-state index contributed by atoms with van der Waals surface area (Å²) in [5.41, 5.74) is -3.52.